The number of likely N-dealkylation sites (tertiary alicyclic amines) is 1. The molecule has 0 amide bonds. The maximum absolute atomic E-state index is 5.66. The van der Waals surface area contributed by atoms with Crippen LogP contribution in [0.15, 0.2) is 0 Å². The number of nitrogens with two attached hydrogens (primary N) is 1. The lowest BCUT2D eigenvalue weighted by Gasteiger charge is -2.40. The van der Waals surface area contributed by atoms with E-state index in [0.29, 0.717) is 6.04 Å². The third kappa shape index (κ3) is 2.47. The predicted molar refractivity (Wildman–Crippen MR) is 57.2 cm³/mol. The Labute approximate surface area is 86.6 Å². The fraction of sp³-hybridized carbons (Fsp3) is 1.00. The first-order chi connectivity index (χ1) is 6.90. The predicted octanol–water partition coefficient (Wildman–Crippen LogP) is 0.836. The molecule has 3 nitrogen and oxygen atoms in total. The lowest BCUT2D eigenvalue weighted by Crippen LogP contribution is -2.51. The van der Waals surface area contributed by atoms with Gasteiger partial charge in [0, 0.05) is 32.3 Å². The Morgan fingerprint density at radius 1 is 1.36 bits per heavy atom. The number of hydrogen-bond acceptors (Lipinski definition) is 3. The standard InChI is InChI=1S/C11H22N2O/c12-8-11-3-6-13(11)5-1-2-10-4-7-14-9-10/h10-11H,1-9,12H2. The van der Waals surface area contributed by atoms with E-state index in [1.165, 1.54) is 38.8 Å². The molecule has 0 aromatic heterocycles. The minimum Gasteiger partial charge on any atom is -0.381 e. The zero-order valence-corrected chi connectivity index (χ0v) is 8.95. The molecule has 2 unspecified atom stereocenters. The van der Waals surface area contributed by atoms with Crippen LogP contribution in [0.25, 0.3) is 0 Å². The van der Waals surface area contributed by atoms with Gasteiger partial charge < -0.3 is 10.5 Å². The first-order valence-corrected chi connectivity index (χ1v) is 5.92. The summed E-state index contributed by atoms with van der Waals surface area (Å²) in [5.41, 5.74) is 5.66. The maximum Gasteiger partial charge on any atom is 0.0495 e. The molecule has 2 fully saturated rings. The van der Waals surface area contributed by atoms with Crippen molar-refractivity contribution in [3.8, 4) is 0 Å². The van der Waals surface area contributed by atoms with Crippen molar-refractivity contribution in [3.05, 3.63) is 0 Å². The van der Waals surface area contributed by atoms with Gasteiger partial charge in [-0.3, -0.25) is 4.90 Å². The third-order valence-corrected chi connectivity index (χ3v) is 3.62. The summed E-state index contributed by atoms with van der Waals surface area (Å²) < 4.78 is 5.36. The van der Waals surface area contributed by atoms with Crippen molar-refractivity contribution in [2.24, 2.45) is 11.7 Å². The second-order valence-electron chi connectivity index (χ2n) is 4.59. The minimum absolute atomic E-state index is 0.690. The van der Waals surface area contributed by atoms with Gasteiger partial charge in [-0.1, -0.05) is 0 Å². The molecular formula is C11H22N2O. The van der Waals surface area contributed by atoms with Crippen molar-refractivity contribution in [3.63, 3.8) is 0 Å². The molecule has 2 saturated heterocycles. The minimum atomic E-state index is 0.690. The van der Waals surface area contributed by atoms with Crippen molar-refractivity contribution in [2.75, 3.05) is 32.8 Å². The van der Waals surface area contributed by atoms with Crippen molar-refractivity contribution >= 4 is 0 Å². The molecule has 2 heterocycles. The Morgan fingerprint density at radius 2 is 2.29 bits per heavy atom. The summed E-state index contributed by atoms with van der Waals surface area (Å²) in [6.07, 6.45) is 5.25. The van der Waals surface area contributed by atoms with Crippen LogP contribution in [0.3, 0.4) is 0 Å². The molecule has 3 heteroatoms. The van der Waals surface area contributed by atoms with E-state index in [2.05, 4.69) is 4.90 Å². The van der Waals surface area contributed by atoms with Gasteiger partial charge in [0.25, 0.3) is 0 Å². The van der Waals surface area contributed by atoms with E-state index < -0.39 is 0 Å². The Morgan fingerprint density at radius 3 is 2.86 bits per heavy atom. The van der Waals surface area contributed by atoms with E-state index in [0.717, 1.165) is 25.7 Å². The molecule has 2 aliphatic rings. The highest BCUT2D eigenvalue weighted by Gasteiger charge is 2.26. The summed E-state index contributed by atoms with van der Waals surface area (Å²) in [5, 5.41) is 0. The van der Waals surface area contributed by atoms with E-state index in [-0.39, 0.29) is 0 Å². The molecule has 0 saturated carbocycles. The highest BCUT2D eigenvalue weighted by molar-refractivity contribution is 4.83. The van der Waals surface area contributed by atoms with Crippen molar-refractivity contribution in [2.45, 2.75) is 31.7 Å². The Hall–Kier alpha value is -0.120. The SMILES string of the molecule is NCC1CCN1CCCC1CCOC1. The van der Waals surface area contributed by atoms with Crippen LogP contribution < -0.4 is 5.73 Å². The first kappa shape index (κ1) is 10.4. The van der Waals surface area contributed by atoms with E-state index in [1.54, 1.807) is 0 Å². The number of ether oxygens (including phenoxy) is 1. The van der Waals surface area contributed by atoms with Gasteiger partial charge in [0.15, 0.2) is 0 Å². The Kier molecular flexibility index (Phi) is 3.79. The normalized spacial score (nSPS) is 33.2. The lowest BCUT2D eigenvalue weighted by atomic mass is 9.99. The van der Waals surface area contributed by atoms with Gasteiger partial charge in [-0.05, 0) is 38.1 Å². The van der Waals surface area contributed by atoms with E-state index in [1.807, 2.05) is 0 Å². The molecule has 2 atom stereocenters. The third-order valence-electron chi connectivity index (χ3n) is 3.62. The van der Waals surface area contributed by atoms with Crippen molar-refractivity contribution in [1.29, 1.82) is 0 Å². The van der Waals surface area contributed by atoms with Gasteiger partial charge in [-0.2, -0.15) is 0 Å². The van der Waals surface area contributed by atoms with E-state index in [9.17, 15) is 0 Å². The molecule has 0 spiro atoms. The van der Waals surface area contributed by atoms with Crippen LogP contribution in [-0.4, -0.2) is 43.8 Å². The summed E-state index contributed by atoms with van der Waals surface area (Å²) in [5.74, 6) is 0.840. The molecule has 0 aromatic rings. The van der Waals surface area contributed by atoms with Gasteiger partial charge >= 0.3 is 0 Å². The highest BCUT2D eigenvalue weighted by Crippen LogP contribution is 2.21. The van der Waals surface area contributed by atoms with Gasteiger partial charge in [0.05, 0.1) is 0 Å². The smallest absolute Gasteiger partial charge is 0.0495 e. The average molecular weight is 198 g/mol. The molecule has 0 bridgehead atoms. The van der Waals surface area contributed by atoms with Gasteiger partial charge in [-0.25, -0.2) is 0 Å². The van der Waals surface area contributed by atoms with Crippen LogP contribution in [-0.2, 0) is 4.74 Å². The van der Waals surface area contributed by atoms with E-state index >= 15 is 0 Å². The molecule has 0 aromatic carbocycles. The van der Waals surface area contributed by atoms with E-state index in [4.69, 9.17) is 10.5 Å². The molecular weight excluding hydrogens is 176 g/mol. The van der Waals surface area contributed by atoms with Crippen LogP contribution in [0.1, 0.15) is 25.7 Å². The van der Waals surface area contributed by atoms with Crippen LogP contribution in [0.2, 0.25) is 0 Å². The average Bonchev–Trinajstić information content (AvgIpc) is 2.64. The Balaban J connectivity index is 1.54. The molecule has 2 aliphatic heterocycles. The second kappa shape index (κ2) is 5.10. The largest absolute Gasteiger partial charge is 0.381 e. The second-order valence-corrected chi connectivity index (χ2v) is 4.59. The zero-order chi connectivity index (χ0) is 9.80. The summed E-state index contributed by atoms with van der Waals surface area (Å²) in [6.45, 7) is 5.34. The zero-order valence-electron chi connectivity index (χ0n) is 8.95. The fourth-order valence-electron chi connectivity index (χ4n) is 2.45. The lowest BCUT2D eigenvalue weighted by molar-refractivity contribution is 0.0923. The fourth-order valence-corrected chi connectivity index (χ4v) is 2.45. The molecule has 2 rings (SSSR count). The maximum atomic E-state index is 5.66. The molecule has 14 heavy (non-hydrogen) atoms. The van der Waals surface area contributed by atoms with Crippen molar-refractivity contribution in [1.82, 2.24) is 4.90 Å². The number of hydrogen-bond donors (Lipinski definition) is 1. The summed E-state index contributed by atoms with van der Waals surface area (Å²) in [7, 11) is 0. The van der Waals surface area contributed by atoms with Crippen molar-refractivity contribution < 1.29 is 4.74 Å². The number of nitrogens with zero attached hydrogens (tertiary/aromatic N) is 1. The van der Waals surface area contributed by atoms with Crippen LogP contribution in [0.5, 0.6) is 0 Å². The molecule has 2 N–H and O–H groups in total. The van der Waals surface area contributed by atoms with Gasteiger partial charge in [0.1, 0.15) is 0 Å². The quantitative estimate of drug-likeness (QED) is 0.711. The van der Waals surface area contributed by atoms with Crippen LogP contribution in [0, 0.1) is 5.92 Å². The monoisotopic (exact) mass is 198 g/mol. The van der Waals surface area contributed by atoms with Gasteiger partial charge in [0.2, 0.25) is 0 Å². The summed E-state index contributed by atoms with van der Waals surface area (Å²) in [6, 6.07) is 0.690. The Bertz CT molecular complexity index is 167. The summed E-state index contributed by atoms with van der Waals surface area (Å²) >= 11 is 0. The molecule has 82 valence electrons. The van der Waals surface area contributed by atoms with Crippen LogP contribution in [0.4, 0.5) is 0 Å². The molecule has 0 aliphatic carbocycles. The topological polar surface area (TPSA) is 38.5 Å². The van der Waals surface area contributed by atoms with Crippen LogP contribution >= 0.6 is 0 Å². The summed E-state index contributed by atoms with van der Waals surface area (Å²) in [4.78, 5) is 2.52. The molecule has 0 radical (unpaired) electrons. The first-order valence-electron chi connectivity index (χ1n) is 5.92. The van der Waals surface area contributed by atoms with Gasteiger partial charge in [-0.15, -0.1) is 0 Å². The number of rotatable bonds is 5. The highest BCUT2D eigenvalue weighted by atomic mass is 16.5.